The second kappa shape index (κ2) is 11.2. The van der Waals surface area contributed by atoms with Crippen molar-refractivity contribution in [2.45, 2.75) is 57.2 Å². The number of sulfone groups is 1. The van der Waals surface area contributed by atoms with Crippen molar-refractivity contribution < 1.29 is 22.0 Å². The normalized spacial score (nSPS) is 15.4. The lowest BCUT2D eigenvalue weighted by molar-refractivity contribution is 0.0823. The Morgan fingerprint density at radius 3 is 2.74 bits per heavy atom. The third kappa shape index (κ3) is 6.08. The van der Waals surface area contributed by atoms with Crippen molar-refractivity contribution in [3.63, 3.8) is 0 Å². The van der Waals surface area contributed by atoms with Gasteiger partial charge in [0.2, 0.25) is 11.7 Å². The van der Waals surface area contributed by atoms with E-state index in [0.717, 1.165) is 49.1 Å². The maximum Gasteiger partial charge on any atom is 0.229 e. The molecule has 0 amide bonds. The van der Waals surface area contributed by atoms with Gasteiger partial charge in [0.25, 0.3) is 0 Å². The number of benzene rings is 1. The Hall–Kier alpha value is -3.06. The molecule has 1 fully saturated rings. The van der Waals surface area contributed by atoms with Gasteiger partial charge in [0.15, 0.2) is 21.2 Å². The Morgan fingerprint density at radius 2 is 2.00 bits per heavy atom. The molecule has 1 aliphatic heterocycles. The highest BCUT2D eigenvalue weighted by atomic mass is 35.5. The van der Waals surface area contributed by atoms with Crippen LogP contribution < -0.4 is 10.1 Å². The topological polar surface area (TPSA) is 126 Å². The van der Waals surface area contributed by atoms with E-state index in [4.69, 9.17) is 20.8 Å². The van der Waals surface area contributed by atoms with Crippen molar-refractivity contribution in [2.75, 3.05) is 19.0 Å². The number of fused-ring (bicyclic) bond motifs is 1. The van der Waals surface area contributed by atoms with E-state index in [2.05, 4.69) is 44.2 Å². The van der Waals surface area contributed by atoms with Crippen LogP contribution >= 0.6 is 11.6 Å². The van der Waals surface area contributed by atoms with Crippen molar-refractivity contribution in [3.05, 3.63) is 52.6 Å². The molecule has 0 radical (unpaired) electrons. The second-order valence-corrected chi connectivity index (χ2v) is 12.3. The van der Waals surface area contributed by atoms with Gasteiger partial charge in [-0.2, -0.15) is 10.1 Å². The van der Waals surface area contributed by atoms with Gasteiger partial charge in [-0.1, -0.05) is 11.6 Å². The summed E-state index contributed by atoms with van der Waals surface area (Å²) in [5.74, 6) is 0.273. The van der Waals surface area contributed by atoms with E-state index >= 15 is 0 Å². The lowest BCUT2D eigenvalue weighted by Crippen LogP contribution is -2.41. The smallest absolute Gasteiger partial charge is 0.229 e. The van der Waals surface area contributed by atoms with Crippen molar-refractivity contribution >= 4 is 32.5 Å². The molecule has 4 heterocycles. The molecular formula is C26H30ClFN6O4S. The summed E-state index contributed by atoms with van der Waals surface area (Å²) in [7, 11) is -3.95. The number of furan rings is 1. The summed E-state index contributed by atoms with van der Waals surface area (Å²) in [6, 6.07) is 7.32. The molecule has 0 spiro atoms. The lowest BCUT2D eigenvalue weighted by atomic mass is 10.1. The molecular weight excluding hydrogens is 547 g/mol. The van der Waals surface area contributed by atoms with Crippen LogP contribution in [0.15, 0.2) is 39.6 Å². The van der Waals surface area contributed by atoms with E-state index in [0.29, 0.717) is 34.9 Å². The fourth-order valence-corrected chi connectivity index (χ4v) is 6.03. The molecule has 208 valence electrons. The number of aromatic nitrogens is 4. The molecule has 0 unspecified atom stereocenters. The van der Waals surface area contributed by atoms with Crippen molar-refractivity contribution in [1.29, 1.82) is 0 Å². The monoisotopic (exact) mass is 576 g/mol. The molecule has 4 aromatic rings. The lowest BCUT2D eigenvalue weighted by Gasteiger charge is -2.34. The van der Waals surface area contributed by atoms with Gasteiger partial charge in [-0.25, -0.2) is 17.8 Å². The maximum atomic E-state index is 14.0. The zero-order valence-corrected chi connectivity index (χ0v) is 23.4. The Bertz CT molecular complexity index is 1580. The Morgan fingerprint density at radius 1 is 1.23 bits per heavy atom. The molecule has 3 aromatic heterocycles. The van der Waals surface area contributed by atoms with E-state index < -0.39 is 26.4 Å². The van der Waals surface area contributed by atoms with Crippen molar-refractivity contribution in [2.24, 2.45) is 0 Å². The van der Waals surface area contributed by atoms with Crippen LogP contribution in [-0.2, 0) is 16.4 Å². The van der Waals surface area contributed by atoms with Gasteiger partial charge >= 0.3 is 0 Å². The molecule has 0 aliphatic carbocycles. The van der Waals surface area contributed by atoms with Crippen molar-refractivity contribution in [1.82, 2.24) is 30.4 Å². The molecule has 1 aromatic carbocycles. The SMILES string of the molecule is Cc1n[nH]c2nc(-c3ccc(CNCS(=O)(=O)c4cc(Cl)ccc4F)o3)nc(OC3CCN(C(C)C)CC3)c12. The predicted molar refractivity (Wildman–Crippen MR) is 145 cm³/mol. The molecule has 0 bridgehead atoms. The van der Waals surface area contributed by atoms with Gasteiger partial charge in [-0.05, 0) is 63.9 Å². The first-order chi connectivity index (χ1) is 18.6. The highest BCUT2D eigenvalue weighted by Crippen LogP contribution is 2.31. The number of hydrogen-bond donors (Lipinski definition) is 2. The quantitative estimate of drug-likeness (QED) is 0.296. The largest absolute Gasteiger partial charge is 0.474 e. The van der Waals surface area contributed by atoms with Gasteiger partial charge < -0.3 is 14.1 Å². The van der Waals surface area contributed by atoms with E-state index in [1.165, 1.54) is 6.07 Å². The van der Waals surface area contributed by atoms with Crippen LogP contribution in [0.1, 0.15) is 38.1 Å². The van der Waals surface area contributed by atoms with Gasteiger partial charge in [-0.3, -0.25) is 10.4 Å². The summed E-state index contributed by atoms with van der Waals surface area (Å²) < 4.78 is 51.4. The molecule has 0 atom stereocenters. The van der Waals surface area contributed by atoms with E-state index in [1.54, 1.807) is 12.1 Å². The number of piperidine rings is 1. The second-order valence-electron chi connectivity index (χ2n) is 9.86. The average molecular weight is 577 g/mol. The fraction of sp³-hybridized carbons (Fsp3) is 0.423. The molecule has 13 heteroatoms. The molecule has 2 N–H and O–H groups in total. The molecule has 1 aliphatic rings. The van der Waals surface area contributed by atoms with Gasteiger partial charge in [0, 0.05) is 24.2 Å². The first-order valence-electron chi connectivity index (χ1n) is 12.7. The number of aryl methyl sites for hydroxylation is 1. The van der Waals surface area contributed by atoms with Crippen LogP contribution in [0.5, 0.6) is 5.88 Å². The predicted octanol–water partition coefficient (Wildman–Crippen LogP) is 4.49. The minimum Gasteiger partial charge on any atom is -0.474 e. The van der Waals surface area contributed by atoms with Crippen LogP contribution in [0.2, 0.25) is 5.02 Å². The summed E-state index contributed by atoms with van der Waals surface area (Å²) in [4.78, 5) is 11.2. The number of H-pyrrole nitrogens is 1. The summed E-state index contributed by atoms with van der Waals surface area (Å²) in [5.41, 5.74) is 1.28. The summed E-state index contributed by atoms with van der Waals surface area (Å²) >= 11 is 5.84. The first-order valence-corrected chi connectivity index (χ1v) is 14.7. The fourth-order valence-electron chi connectivity index (χ4n) is 4.60. The summed E-state index contributed by atoms with van der Waals surface area (Å²) in [6.45, 7) is 8.27. The van der Waals surface area contributed by atoms with Crippen LogP contribution in [0, 0.1) is 12.7 Å². The highest BCUT2D eigenvalue weighted by molar-refractivity contribution is 7.91. The molecule has 5 rings (SSSR count). The van der Waals surface area contributed by atoms with Crippen LogP contribution in [-0.4, -0.2) is 64.6 Å². The van der Waals surface area contributed by atoms with E-state index in [9.17, 15) is 12.8 Å². The summed E-state index contributed by atoms with van der Waals surface area (Å²) in [5, 5.41) is 10.9. The number of rotatable bonds is 9. The summed E-state index contributed by atoms with van der Waals surface area (Å²) in [6.07, 6.45) is 1.83. The molecule has 39 heavy (non-hydrogen) atoms. The molecule has 10 nitrogen and oxygen atoms in total. The minimum absolute atomic E-state index is 0.0305. The Kier molecular flexibility index (Phi) is 7.90. The number of nitrogens with one attached hydrogen (secondary N) is 2. The van der Waals surface area contributed by atoms with E-state index in [1.807, 2.05) is 6.92 Å². The molecule has 1 saturated heterocycles. The van der Waals surface area contributed by atoms with Crippen LogP contribution in [0.4, 0.5) is 4.39 Å². The Balaban J connectivity index is 1.29. The van der Waals surface area contributed by atoms with Crippen LogP contribution in [0.3, 0.4) is 0 Å². The third-order valence-electron chi connectivity index (χ3n) is 6.75. The number of ether oxygens (including phenoxy) is 1. The van der Waals surface area contributed by atoms with Crippen molar-refractivity contribution in [3.8, 4) is 17.5 Å². The number of halogens is 2. The standard InChI is InChI=1S/C26H30ClFN6O4S/c1-15(2)34-10-8-18(9-11-34)38-26-23-16(3)32-33-25(23)30-24(31-26)21-7-5-19(37-21)13-29-14-39(35,36)22-12-17(27)4-6-20(22)28/h4-7,12,15,18,29H,8-11,13-14H2,1-3H3,(H,30,31,32,33). The number of nitrogens with zero attached hydrogens (tertiary/aromatic N) is 4. The highest BCUT2D eigenvalue weighted by Gasteiger charge is 2.25. The minimum atomic E-state index is -3.95. The van der Waals surface area contributed by atoms with E-state index in [-0.39, 0.29) is 17.7 Å². The average Bonchev–Trinajstić information content (AvgIpc) is 3.52. The van der Waals surface area contributed by atoms with Gasteiger partial charge in [0.05, 0.1) is 12.2 Å². The van der Waals surface area contributed by atoms with Crippen LogP contribution in [0.25, 0.3) is 22.6 Å². The zero-order valence-electron chi connectivity index (χ0n) is 21.9. The number of hydrogen-bond acceptors (Lipinski definition) is 9. The number of aromatic amines is 1. The first kappa shape index (κ1) is 27.5. The maximum absolute atomic E-state index is 14.0. The third-order valence-corrected chi connectivity index (χ3v) is 8.56. The Labute approximate surface area is 230 Å². The van der Waals surface area contributed by atoms with Gasteiger partial charge in [-0.15, -0.1) is 0 Å². The van der Waals surface area contributed by atoms with Gasteiger partial charge in [0.1, 0.15) is 33.8 Å². The number of likely N-dealkylation sites (tertiary alicyclic amines) is 1. The molecule has 0 saturated carbocycles. The zero-order chi connectivity index (χ0) is 27.7.